The molecule has 9 heteroatoms. The average Bonchev–Trinajstić information content (AvgIpc) is 3.35. The van der Waals surface area contributed by atoms with Crippen molar-refractivity contribution < 1.29 is 4.79 Å². The number of carbonyl (C=O) groups is 1. The molecule has 6 nitrogen and oxygen atoms in total. The van der Waals surface area contributed by atoms with Gasteiger partial charge >= 0.3 is 0 Å². The molecule has 0 radical (unpaired) electrons. The molecule has 1 amide bonds. The van der Waals surface area contributed by atoms with Crippen LogP contribution in [0, 0.1) is 0 Å². The number of hydrogen-bond donors (Lipinski definition) is 1. The maximum atomic E-state index is 12.7. The summed E-state index contributed by atoms with van der Waals surface area (Å²) in [5.74, 6) is 0.494. The predicted molar refractivity (Wildman–Crippen MR) is 152 cm³/mol. The molecule has 0 aliphatic carbocycles. The average molecular weight is 546 g/mol. The number of rotatable bonds is 7. The fraction of sp³-hybridized carbons (Fsp3) is 0.0714. The van der Waals surface area contributed by atoms with Crippen LogP contribution in [0.1, 0.15) is 12.5 Å². The minimum Gasteiger partial charge on any atom is -0.272 e. The molecule has 0 atom stereocenters. The van der Waals surface area contributed by atoms with Crippen LogP contribution in [-0.4, -0.2) is 32.1 Å². The maximum Gasteiger partial charge on any atom is 0.250 e. The molecule has 0 spiro atoms. The lowest BCUT2D eigenvalue weighted by Gasteiger charge is -2.11. The van der Waals surface area contributed by atoms with Crippen LogP contribution >= 0.6 is 35.0 Å². The minimum absolute atomic E-state index is 0.110. The number of carbonyl (C=O) groups excluding carboxylic acids is 1. The fourth-order valence-corrected chi connectivity index (χ4v) is 4.88. The fourth-order valence-electron chi connectivity index (χ4n) is 3.88. The molecule has 1 N–H and O–H groups in total. The third-order valence-corrected chi connectivity index (χ3v) is 7.11. The maximum absolute atomic E-state index is 12.7. The molecular formula is C28H21Cl2N5OS. The van der Waals surface area contributed by atoms with Crippen LogP contribution < -0.4 is 5.43 Å². The first-order valence-corrected chi connectivity index (χ1v) is 13.1. The summed E-state index contributed by atoms with van der Waals surface area (Å²) in [6.07, 6.45) is 0. The number of thioether (sulfide) groups is 1. The largest absolute Gasteiger partial charge is 0.272 e. The van der Waals surface area contributed by atoms with Gasteiger partial charge in [0.25, 0.3) is 5.91 Å². The summed E-state index contributed by atoms with van der Waals surface area (Å²) in [6, 6.07) is 28.8. The molecule has 1 heterocycles. The van der Waals surface area contributed by atoms with E-state index in [1.807, 2.05) is 66.1 Å². The van der Waals surface area contributed by atoms with E-state index >= 15 is 0 Å². The zero-order valence-electron chi connectivity index (χ0n) is 19.7. The monoisotopic (exact) mass is 545 g/mol. The second-order valence-electron chi connectivity index (χ2n) is 8.17. The molecule has 4 aromatic carbocycles. The number of aromatic nitrogens is 3. The highest BCUT2D eigenvalue weighted by molar-refractivity contribution is 7.99. The first kappa shape index (κ1) is 25.0. The lowest BCUT2D eigenvalue weighted by Crippen LogP contribution is -2.21. The normalized spacial score (nSPS) is 11.6. The highest BCUT2D eigenvalue weighted by atomic mass is 35.5. The quantitative estimate of drug-likeness (QED) is 0.135. The van der Waals surface area contributed by atoms with Gasteiger partial charge in [0.05, 0.1) is 11.5 Å². The molecule has 0 saturated heterocycles. The van der Waals surface area contributed by atoms with Crippen molar-refractivity contribution in [1.29, 1.82) is 0 Å². The van der Waals surface area contributed by atoms with Crippen molar-refractivity contribution in [2.45, 2.75) is 12.1 Å². The Morgan fingerprint density at radius 3 is 2.32 bits per heavy atom. The van der Waals surface area contributed by atoms with E-state index in [-0.39, 0.29) is 11.7 Å². The van der Waals surface area contributed by atoms with Crippen LogP contribution in [0.2, 0.25) is 10.0 Å². The summed E-state index contributed by atoms with van der Waals surface area (Å²) in [4.78, 5) is 12.7. The van der Waals surface area contributed by atoms with E-state index in [1.165, 1.54) is 11.8 Å². The molecule has 0 aliphatic heterocycles. The first-order chi connectivity index (χ1) is 18.0. The molecule has 0 bridgehead atoms. The van der Waals surface area contributed by atoms with E-state index in [9.17, 15) is 4.79 Å². The predicted octanol–water partition coefficient (Wildman–Crippen LogP) is 7.03. The molecule has 0 aliphatic rings. The SMILES string of the molecule is C/C(=N\NC(=O)CSc1nnc(-c2ccc(Cl)cc2)n1-c1ccc(Cl)cc1)c1cccc2ccccc12. The Morgan fingerprint density at radius 1 is 0.892 bits per heavy atom. The lowest BCUT2D eigenvalue weighted by molar-refractivity contribution is -0.118. The van der Waals surface area contributed by atoms with Crippen LogP contribution in [0.4, 0.5) is 0 Å². The van der Waals surface area contributed by atoms with Crippen molar-refractivity contribution in [2.24, 2.45) is 5.10 Å². The van der Waals surface area contributed by atoms with Gasteiger partial charge in [-0.25, -0.2) is 5.43 Å². The summed E-state index contributed by atoms with van der Waals surface area (Å²) in [5.41, 5.74) is 6.04. The van der Waals surface area contributed by atoms with Crippen LogP contribution in [0.5, 0.6) is 0 Å². The number of fused-ring (bicyclic) bond motifs is 1. The molecule has 5 aromatic rings. The van der Waals surface area contributed by atoms with Crippen LogP contribution in [0.15, 0.2) is 101 Å². The van der Waals surface area contributed by atoms with Crippen molar-refractivity contribution in [3.63, 3.8) is 0 Å². The number of benzene rings is 4. The Hall–Kier alpha value is -3.65. The van der Waals surface area contributed by atoms with Gasteiger partial charge in [-0.1, -0.05) is 77.4 Å². The number of nitrogens with one attached hydrogen (secondary N) is 1. The second kappa shape index (κ2) is 11.2. The number of amides is 1. The standard InChI is InChI=1S/C28H21Cl2N5OS/c1-18(24-8-4-6-19-5-2-3-7-25(19)24)31-32-26(36)17-37-28-34-33-27(20-9-11-21(29)12-10-20)35(28)23-15-13-22(30)14-16-23/h2-16H,17H2,1H3,(H,32,36)/b31-18+. The van der Waals surface area contributed by atoms with Gasteiger partial charge in [-0.15, -0.1) is 10.2 Å². The Labute approximate surface area is 228 Å². The van der Waals surface area contributed by atoms with Gasteiger partial charge in [0.2, 0.25) is 0 Å². The molecule has 0 fully saturated rings. The third kappa shape index (κ3) is 5.69. The van der Waals surface area contributed by atoms with E-state index in [1.54, 1.807) is 24.3 Å². The first-order valence-electron chi connectivity index (χ1n) is 11.4. The van der Waals surface area contributed by atoms with E-state index in [0.29, 0.717) is 21.0 Å². The summed E-state index contributed by atoms with van der Waals surface area (Å²) < 4.78 is 1.89. The van der Waals surface area contributed by atoms with Crippen molar-refractivity contribution in [3.05, 3.63) is 107 Å². The van der Waals surface area contributed by atoms with Crippen molar-refractivity contribution >= 4 is 57.4 Å². The molecule has 1 aromatic heterocycles. The van der Waals surface area contributed by atoms with E-state index in [0.717, 1.165) is 33.3 Å². The summed E-state index contributed by atoms with van der Waals surface area (Å²) >= 11 is 13.4. The Bertz CT molecular complexity index is 1590. The summed E-state index contributed by atoms with van der Waals surface area (Å²) in [5, 5.41) is 17.1. The summed E-state index contributed by atoms with van der Waals surface area (Å²) in [7, 11) is 0. The van der Waals surface area contributed by atoms with Gasteiger partial charge < -0.3 is 0 Å². The molecule has 0 saturated carbocycles. The highest BCUT2D eigenvalue weighted by Crippen LogP contribution is 2.29. The van der Waals surface area contributed by atoms with Crippen molar-refractivity contribution in [2.75, 3.05) is 5.75 Å². The van der Waals surface area contributed by atoms with Gasteiger partial charge in [0, 0.05) is 26.9 Å². The van der Waals surface area contributed by atoms with Crippen LogP contribution in [0.3, 0.4) is 0 Å². The van der Waals surface area contributed by atoms with E-state index in [4.69, 9.17) is 23.2 Å². The van der Waals surface area contributed by atoms with Gasteiger partial charge in [0.1, 0.15) is 0 Å². The second-order valence-corrected chi connectivity index (χ2v) is 9.99. The highest BCUT2D eigenvalue weighted by Gasteiger charge is 2.17. The van der Waals surface area contributed by atoms with Gasteiger partial charge in [0.15, 0.2) is 11.0 Å². The van der Waals surface area contributed by atoms with Gasteiger partial charge in [-0.05, 0) is 66.2 Å². The van der Waals surface area contributed by atoms with Crippen molar-refractivity contribution in [1.82, 2.24) is 20.2 Å². The minimum atomic E-state index is -0.247. The van der Waals surface area contributed by atoms with Crippen molar-refractivity contribution in [3.8, 4) is 17.1 Å². The van der Waals surface area contributed by atoms with E-state index in [2.05, 4.69) is 32.9 Å². The smallest absolute Gasteiger partial charge is 0.250 e. The Balaban J connectivity index is 1.35. The molecule has 184 valence electrons. The Kier molecular flexibility index (Phi) is 7.55. The third-order valence-electron chi connectivity index (χ3n) is 5.68. The Morgan fingerprint density at radius 2 is 1.57 bits per heavy atom. The van der Waals surface area contributed by atoms with Gasteiger partial charge in [-0.2, -0.15) is 5.10 Å². The van der Waals surface area contributed by atoms with Crippen LogP contribution in [0.25, 0.3) is 27.8 Å². The van der Waals surface area contributed by atoms with Crippen LogP contribution in [-0.2, 0) is 4.79 Å². The molecule has 0 unspecified atom stereocenters. The van der Waals surface area contributed by atoms with E-state index < -0.39 is 0 Å². The number of hydrogen-bond acceptors (Lipinski definition) is 5. The zero-order chi connectivity index (χ0) is 25.8. The molecular weight excluding hydrogens is 525 g/mol. The van der Waals surface area contributed by atoms with Gasteiger partial charge in [-0.3, -0.25) is 9.36 Å². The zero-order valence-corrected chi connectivity index (χ0v) is 22.1. The number of hydrazone groups is 1. The lowest BCUT2D eigenvalue weighted by atomic mass is 10.0. The summed E-state index contributed by atoms with van der Waals surface area (Å²) in [6.45, 7) is 1.88. The molecule has 5 rings (SSSR count). The topological polar surface area (TPSA) is 72.2 Å². The molecule has 37 heavy (non-hydrogen) atoms. The number of halogens is 2. The number of nitrogens with zero attached hydrogens (tertiary/aromatic N) is 4.